The highest BCUT2D eigenvalue weighted by Crippen LogP contribution is 2.29. The molecule has 0 aromatic heterocycles. The molecule has 2 aliphatic heterocycles. The number of rotatable bonds is 3. The Morgan fingerprint density at radius 3 is 2.72 bits per heavy atom. The van der Waals surface area contributed by atoms with Gasteiger partial charge in [-0.2, -0.15) is 8.42 Å². The standard InChI is InChI=1S/C16H22N4O3S.ClH/c1-16(10-17)7-8-20(11-16)14(21)9-19(2)15-12-5-3-4-6-13(12)24(22,23)18-15;/h3-6H,7-11,17H2,1-2H3;1H. The SMILES string of the molecule is CN(CC(=O)N1CCC(C)(CN)C1)C1=NS(=O)(=O)c2ccccc21.Cl. The zero-order valence-electron chi connectivity index (χ0n) is 14.3. The van der Waals surface area contributed by atoms with E-state index in [4.69, 9.17) is 5.73 Å². The smallest absolute Gasteiger partial charge is 0.285 e. The summed E-state index contributed by atoms with van der Waals surface area (Å²) < 4.78 is 28.1. The van der Waals surface area contributed by atoms with Gasteiger partial charge in [0.25, 0.3) is 10.0 Å². The third-order valence-electron chi connectivity index (χ3n) is 4.75. The molecule has 0 saturated carbocycles. The monoisotopic (exact) mass is 386 g/mol. The molecular weight excluding hydrogens is 364 g/mol. The van der Waals surface area contributed by atoms with Crippen LogP contribution in [0.4, 0.5) is 0 Å². The summed E-state index contributed by atoms with van der Waals surface area (Å²) in [5.41, 5.74) is 6.29. The van der Waals surface area contributed by atoms with Gasteiger partial charge in [-0.1, -0.05) is 19.1 Å². The second-order valence-electron chi connectivity index (χ2n) is 6.82. The minimum absolute atomic E-state index is 0. The number of nitrogens with two attached hydrogens (primary N) is 1. The molecular formula is C16H23ClN4O3S. The molecule has 1 fully saturated rings. The molecule has 9 heteroatoms. The van der Waals surface area contributed by atoms with E-state index in [0.717, 1.165) is 6.42 Å². The van der Waals surface area contributed by atoms with E-state index >= 15 is 0 Å². The molecule has 25 heavy (non-hydrogen) atoms. The topological polar surface area (TPSA) is 96.1 Å². The lowest BCUT2D eigenvalue weighted by Crippen LogP contribution is -2.41. The molecule has 0 aliphatic carbocycles. The van der Waals surface area contributed by atoms with Gasteiger partial charge < -0.3 is 15.5 Å². The lowest BCUT2D eigenvalue weighted by Gasteiger charge is -2.25. The number of carbonyl (C=O) groups is 1. The third-order valence-corrected chi connectivity index (χ3v) is 6.07. The molecule has 2 aliphatic rings. The normalized spacial score (nSPS) is 23.6. The molecule has 138 valence electrons. The minimum atomic E-state index is -3.67. The van der Waals surface area contributed by atoms with E-state index in [2.05, 4.69) is 11.3 Å². The molecule has 0 radical (unpaired) electrons. The van der Waals surface area contributed by atoms with Gasteiger partial charge in [-0.15, -0.1) is 16.8 Å². The Balaban J connectivity index is 0.00000225. The summed E-state index contributed by atoms with van der Waals surface area (Å²) in [6, 6.07) is 6.67. The quantitative estimate of drug-likeness (QED) is 0.824. The van der Waals surface area contributed by atoms with Crippen molar-refractivity contribution >= 4 is 34.2 Å². The summed E-state index contributed by atoms with van der Waals surface area (Å²) in [6.07, 6.45) is 0.886. The second-order valence-corrected chi connectivity index (χ2v) is 8.39. The third kappa shape index (κ3) is 3.65. The molecule has 1 aromatic rings. The second kappa shape index (κ2) is 6.93. The maximum Gasteiger partial charge on any atom is 0.285 e. The van der Waals surface area contributed by atoms with E-state index < -0.39 is 10.0 Å². The van der Waals surface area contributed by atoms with Crippen molar-refractivity contribution in [3.63, 3.8) is 0 Å². The van der Waals surface area contributed by atoms with Crippen LogP contribution < -0.4 is 5.73 Å². The van der Waals surface area contributed by atoms with Crippen molar-refractivity contribution in [2.75, 3.05) is 33.2 Å². The average molecular weight is 387 g/mol. The van der Waals surface area contributed by atoms with Gasteiger partial charge in [0.15, 0.2) is 5.84 Å². The highest BCUT2D eigenvalue weighted by Gasteiger charge is 2.36. The molecule has 7 nitrogen and oxygen atoms in total. The Morgan fingerprint density at radius 1 is 1.40 bits per heavy atom. The molecule has 0 spiro atoms. The fraction of sp³-hybridized carbons (Fsp3) is 0.500. The lowest BCUT2D eigenvalue weighted by atomic mass is 9.90. The maximum absolute atomic E-state index is 12.5. The first kappa shape index (κ1) is 19.7. The van der Waals surface area contributed by atoms with Crippen molar-refractivity contribution in [2.24, 2.45) is 15.5 Å². The van der Waals surface area contributed by atoms with Crippen molar-refractivity contribution in [1.29, 1.82) is 0 Å². The number of fused-ring (bicyclic) bond motifs is 1. The van der Waals surface area contributed by atoms with E-state index in [1.165, 1.54) is 6.07 Å². The van der Waals surface area contributed by atoms with Crippen molar-refractivity contribution in [3.8, 4) is 0 Å². The summed E-state index contributed by atoms with van der Waals surface area (Å²) in [5.74, 6) is 0.277. The summed E-state index contributed by atoms with van der Waals surface area (Å²) in [7, 11) is -1.99. The Kier molecular flexibility index (Phi) is 5.46. The lowest BCUT2D eigenvalue weighted by molar-refractivity contribution is -0.130. The Bertz CT molecular complexity index is 811. The van der Waals surface area contributed by atoms with E-state index in [1.54, 1.807) is 35.0 Å². The number of likely N-dealkylation sites (N-methyl/N-ethyl adjacent to an activating group) is 1. The summed E-state index contributed by atoms with van der Waals surface area (Å²) in [5, 5.41) is 0. The Labute approximate surface area is 154 Å². The molecule has 2 heterocycles. The van der Waals surface area contributed by atoms with Gasteiger partial charge in [0.05, 0.1) is 6.54 Å². The van der Waals surface area contributed by atoms with Crippen LogP contribution in [0.5, 0.6) is 0 Å². The van der Waals surface area contributed by atoms with Gasteiger partial charge in [-0.25, -0.2) is 0 Å². The van der Waals surface area contributed by atoms with E-state index in [9.17, 15) is 13.2 Å². The Morgan fingerprint density at radius 2 is 2.08 bits per heavy atom. The molecule has 1 atom stereocenters. The molecule has 3 rings (SSSR count). The van der Waals surface area contributed by atoms with Crippen LogP contribution in [-0.4, -0.2) is 63.2 Å². The average Bonchev–Trinajstić information content (AvgIpc) is 3.07. The fourth-order valence-electron chi connectivity index (χ4n) is 3.14. The number of likely N-dealkylation sites (tertiary alicyclic amines) is 1. The summed E-state index contributed by atoms with van der Waals surface area (Å²) in [4.78, 5) is 16.1. The number of carbonyl (C=O) groups excluding carboxylic acids is 1. The summed E-state index contributed by atoms with van der Waals surface area (Å²) in [6.45, 7) is 4.03. The van der Waals surface area contributed by atoms with Crippen LogP contribution in [0.1, 0.15) is 18.9 Å². The van der Waals surface area contributed by atoms with Gasteiger partial charge in [0.1, 0.15) is 4.90 Å². The van der Waals surface area contributed by atoms with Gasteiger partial charge in [0.2, 0.25) is 5.91 Å². The molecule has 1 unspecified atom stereocenters. The predicted molar refractivity (Wildman–Crippen MR) is 98.4 cm³/mol. The first-order chi connectivity index (χ1) is 11.3. The zero-order valence-corrected chi connectivity index (χ0v) is 15.9. The van der Waals surface area contributed by atoms with Crippen LogP contribution in [0.2, 0.25) is 0 Å². The van der Waals surface area contributed by atoms with Crippen molar-refractivity contribution in [1.82, 2.24) is 9.80 Å². The van der Waals surface area contributed by atoms with Crippen LogP contribution in [0.15, 0.2) is 33.6 Å². The summed E-state index contributed by atoms with van der Waals surface area (Å²) >= 11 is 0. The van der Waals surface area contributed by atoms with E-state index in [0.29, 0.717) is 31.0 Å². The van der Waals surface area contributed by atoms with Crippen molar-refractivity contribution < 1.29 is 13.2 Å². The highest BCUT2D eigenvalue weighted by molar-refractivity contribution is 7.90. The molecule has 0 bridgehead atoms. The van der Waals surface area contributed by atoms with Gasteiger partial charge in [0, 0.05) is 25.7 Å². The van der Waals surface area contributed by atoms with Crippen molar-refractivity contribution in [2.45, 2.75) is 18.2 Å². The number of hydrogen-bond acceptors (Lipinski definition) is 5. The van der Waals surface area contributed by atoms with Crippen LogP contribution >= 0.6 is 12.4 Å². The van der Waals surface area contributed by atoms with E-state index in [1.807, 2.05) is 0 Å². The number of sulfonamides is 1. The number of benzene rings is 1. The first-order valence-electron chi connectivity index (χ1n) is 7.89. The maximum atomic E-state index is 12.5. The molecule has 1 saturated heterocycles. The van der Waals surface area contributed by atoms with Crippen LogP contribution in [0, 0.1) is 5.41 Å². The predicted octanol–water partition coefficient (Wildman–Crippen LogP) is 0.686. The number of halogens is 1. The highest BCUT2D eigenvalue weighted by atomic mass is 35.5. The zero-order chi connectivity index (χ0) is 17.5. The Hall–Kier alpha value is -1.64. The van der Waals surface area contributed by atoms with Crippen LogP contribution in [0.3, 0.4) is 0 Å². The van der Waals surface area contributed by atoms with Crippen molar-refractivity contribution in [3.05, 3.63) is 29.8 Å². The van der Waals surface area contributed by atoms with Gasteiger partial charge >= 0.3 is 0 Å². The number of hydrogen-bond donors (Lipinski definition) is 1. The number of amidine groups is 1. The number of amides is 1. The number of nitrogens with zero attached hydrogens (tertiary/aromatic N) is 3. The van der Waals surface area contributed by atoms with Crippen LogP contribution in [-0.2, 0) is 14.8 Å². The van der Waals surface area contributed by atoms with Crippen LogP contribution in [0.25, 0.3) is 0 Å². The first-order valence-corrected chi connectivity index (χ1v) is 9.33. The van der Waals surface area contributed by atoms with Gasteiger partial charge in [-0.3, -0.25) is 4.79 Å². The minimum Gasteiger partial charge on any atom is -0.349 e. The molecule has 1 amide bonds. The molecule has 2 N–H and O–H groups in total. The van der Waals surface area contributed by atoms with Gasteiger partial charge in [-0.05, 0) is 30.5 Å². The molecule has 1 aromatic carbocycles. The fourth-order valence-corrected chi connectivity index (χ4v) is 4.40. The largest absolute Gasteiger partial charge is 0.349 e. The van der Waals surface area contributed by atoms with E-state index in [-0.39, 0.29) is 35.2 Å².